The smallest absolute Gasteiger partial charge is 0.223 e. The van der Waals surface area contributed by atoms with Crippen LogP contribution in [0.3, 0.4) is 0 Å². The molecule has 1 spiro atoms. The minimum Gasteiger partial charge on any atom is -0.390 e. The highest BCUT2D eigenvalue weighted by Gasteiger charge is 2.44. The fourth-order valence-electron chi connectivity index (χ4n) is 4.03. The number of benzene rings is 1. The molecular formula is C19H25N3O3. The molecule has 2 aliphatic heterocycles. The van der Waals surface area contributed by atoms with Crippen LogP contribution in [-0.2, 0) is 16.0 Å². The van der Waals surface area contributed by atoms with Crippen molar-refractivity contribution in [3.05, 3.63) is 30.1 Å². The number of hydrogen-bond acceptors (Lipinski definition) is 4. The van der Waals surface area contributed by atoms with Crippen LogP contribution in [0.5, 0.6) is 0 Å². The number of rotatable bonds is 3. The number of likely N-dealkylation sites (tertiary alicyclic amines) is 1. The van der Waals surface area contributed by atoms with Crippen LogP contribution in [0, 0.1) is 0 Å². The van der Waals surface area contributed by atoms with E-state index in [1.807, 2.05) is 29.2 Å². The number of fused-ring (bicyclic) bond motifs is 1. The second-order valence-electron chi connectivity index (χ2n) is 7.15. The number of nitrogens with one attached hydrogen (secondary N) is 1. The van der Waals surface area contributed by atoms with Gasteiger partial charge in [-0.25, -0.2) is 4.98 Å². The number of aryl methyl sites for hydroxylation is 1. The lowest BCUT2D eigenvalue weighted by Gasteiger charge is -2.46. The van der Waals surface area contributed by atoms with Gasteiger partial charge in [0.25, 0.3) is 0 Å². The zero-order valence-corrected chi connectivity index (χ0v) is 14.4. The number of H-pyrrole nitrogens is 1. The van der Waals surface area contributed by atoms with Crippen molar-refractivity contribution in [2.24, 2.45) is 0 Å². The lowest BCUT2D eigenvalue weighted by molar-refractivity contribution is -0.179. The van der Waals surface area contributed by atoms with Crippen LogP contribution in [-0.4, -0.2) is 57.3 Å². The van der Waals surface area contributed by atoms with Crippen molar-refractivity contribution in [3.8, 4) is 0 Å². The number of piperidine rings is 1. The molecule has 4 rings (SSSR count). The maximum Gasteiger partial charge on any atom is 0.223 e. The van der Waals surface area contributed by atoms with Crippen molar-refractivity contribution < 1.29 is 14.6 Å². The summed E-state index contributed by atoms with van der Waals surface area (Å²) in [6.45, 7) is 2.04. The molecule has 134 valence electrons. The van der Waals surface area contributed by atoms with Gasteiger partial charge in [0.15, 0.2) is 0 Å². The molecule has 0 radical (unpaired) electrons. The molecule has 2 saturated heterocycles. The average molecular weight is 343 g/mol. The first-order valence-corrected chi connectivity index (χ1v) is 9.20. The first kappa shape index (κ1) is 16.5. The van der Waals surface area contributed by atoms with E-state index in [0.29, 0.717) is 25.9 Å². The van der Waals surface area contributed by atoms with Crippen molar-refractivity contribution in [3.63, 3.8) is 0 Å². The Bertz CT molecular complexity index is 716. The topological polar surface area (TPSA) is 78.5 Å². The maximum atomic E-state index is 12.5. The Morgan fingerprint density at radius 3 is 2.92 bits per heavy atom. The van der Waals surface area contributed by atoms with Gasteiger partial charge in [-0.15, -0.1) is 0 Å². The van der Waals surface area contributed by atoms with Gasteiger partial charge in [0.1, 0.15) is 5.82 Å². The van der Waals surface area contributed by atoms with Crippen molar-refractivity contribution in [2.45, 2.75) is 50.2 Å². The number of aliphatic hydroxyl groups is 1. The predicted molar refractivity (Wildman–Crippen MR) is 94.2 cm³/mol. The fourth-order valence-corrected chi connectivity index (χ4v) is 4.03. The van der Waals surface area contributed by atoms with Gasteiger partial charge in [-0.3, -0.25) is 4.79 Å². The zero-order valence-electron chi connectivity index (χ0n) is 14.4. The van der Waals surface area contributed by atoms with Gasteiger partial charge in [-0.2, -0.15) is 0 Å². The van der Waals surface area contributed by atoms with Crippen molar-refractivity contribution in [2.75, 3.05) is 19.7 Å². The van der Waals surface area contributed by atoms with Crippen LogP contribution < -0.4 is 0 Å². The molecule has 0 bridgehead atoms. The molecule has 6 heteroatoms. The number of imidazole rings is 1. The number of carbonyl (C=O) groups excluding carboxylic acids is 1. The monoisotopic (exact) mass is 343 g/mol. The first-order valence-electron chi connectivity index (χ1n) is 9.20. The minimum atomic E-state index is -0.423. The number of para-hydroxylation sites is 2. The summed E-state index contributed by atoms with van der Waals surface area (Å²) >= 11 is 0. The number of carbonyl (C=O) groups is 1. The van der Waals surface area contributed by atoms with Crippen LogP contribution in [0.1, 0.15) is 37.9 Å². The Labute approximate surface area is 147 Å². The molecule has 2 fully saturated rings. The van der Waals surface area contributed by atoms with Gasteiger partial charge < -0.3 is 19.7 Å². The molecule has 25 heavy (non-hydrogen) atoms. The van der Waals surface area contributed by atoms with Crippen LogP contribution in [0.15, 0.2) is 24.3 Å². The number of aromatic amines is 1. The Kier molecular flexibility index (Phi) is 4.48. The van der Waals surface area contributed by atoms with Gasteiger partial charge in [0, 0.05) is 32.5 Å². The van der Waals surface area contributed by atoms with E-state index in [1.54, 1.807) is 0 Å². The summed E-state index contributed by atoms with van der Waals surface area (Å²) in [4.78, 5) is 22.2. The van der Waals surface area contributed by atoms with E-state index < -0.39 is 11.7 Å². The number of hydrogen-bond donors (Lipinski definition) is 2. The van der Waals surface area contributed by atoms with E-state index in [-0.39, 0.29) is 5.91 Å². The highest BCUT2D eigenvalue weighted by atomic mass is 16.5. The van der Waals surface area contributed by atoms with E-state index in [0.717, 1.165) is 49.1 Å². The largest absolute Gasteiger partial charge is 0.390 e. The van der Waals surface area contributed by atoms with Gasteiger partial charge >= 0.3 is 0 Å². The summed E-state index contributed by atoms with van der Waals surface area (Å²) in [6.07, 6.45) is 3.86. The Morgan fingerprint density at radius 1 is 1.36 bits per heavy atom. The minimum absolute atomic E-state index is 0.153. The summed E-state index contributed by atoms with van der Waals surface area (Å²) in [7, 11) is 0. The second kappa shape index (κ2) is 6.77. The normalized spacial score (nSPS) is 23.2. The molecule has 0 aliphatic carbocycles. The number of aromatic nitrogens is 2. The summed E-state index contributed by atoms with van der Waals surface area (Å²) in [5.74, 6) is 1.01. The number of aliphatic hydroxyl groups excluding tert-OH is 1. The highest BCUT2D eigenvalue weighted by Crippen LogP contribution is 2.35. The van der Waals surface area contributed by atoms with E-state index in [1.165, 1.54) is 0 Å². The quantitative estimate of drug-likeness (QED) is 0.894. The van der Waals surface area contributed by atoms with Crippen molar-refractivity contribution >= 4 is 16.9 Å². The first-order chi connectivity index (χ1) is 12.2. The van der Waals surface area contributed by atoms with E-state index in [4.69, 9.17) is 4.74 Å². The zero-order chi connectivity index (χ0) is 17.3. The molecule has 3 heterocycles. The Hall–Kier alpha value is -1.92. The second-order valence-corrected chi connectivity index (χ2v) is 7.15. The highest BCUT2D eigenvalue weighted by molar-refractivity contribution is 5.77. The van der Waals surface area contributed by atoms with Crippen LogP contribution in [0.4, 0.5) is 0 Å². The molecule has 2 aliphatic rings. The summed E-state index contributed by atoms with van der Waals surface area (Å²) in [5.41, 5.74) is 1.52. The molecular weight excluding hydrogens is 318 g/mol. The molecule has 1 atom stereocenters. The third kappa shape index (κ3) is 3.28. The van der Waals surface area contributed by atoms with E-state index in [9.17, 15) is 9.90 Å². The van der Waals surface area contributed by atoms with Gasteiger partial charge in [-0.05, 0) is 37.8 Å². The number of amides is 1. The molecule has 1 amide bonds. The predicted octanol–water partition coefficient (Wildman–Crippen LogP) is 2.03. The lowest BCUT2D eigenvalue weighted by atomic mass is 9.82. The molecule has 2 aromatic rings. The SMILES string of the molecule is O=C(CCc1nc2ccccc2[nH]1)N1CCC2(CC1)OCCCC2O. The van der Waals surface area contributed by atoms with Crippen LogP contribution in [0.2, 0.25) is 0 Å². The number of ether oxygens (including phenoxy) is 1. The van der Waals surface area contributed by atoms with E-state index in [2.05, 4.69) is 9.97 Å². The third-order valence-electron chi connectivity index (χ3n) is 5.60. The summed E-state index contributed by atoms with van der Waals surface area (Å²) < 4.78 is 5.91. The molecule has 2 N–H and O–H groups in total. The van der Waals surface area contributed by atoms with Gasteiger partial charge in [-0.1, -0.05) is 12.1 Å². The molecule has 6 nitrogen and oxygen atoms in total. The molecule has 1 unspecified atom stereocenters. The van der Waals surface area contributed by atoms with Crippen molar-refractivity contribution in [1.29, 1.82) is 0 Å². The maximum absolute atomic E-state index is 12.5. The Morgan fingerprint density at radius 2 is 2.16 bits per heavy atom. The Balaban J connectivity index is 1.31. The summed E-state index contributed by atoms with van der Waals surface area (Å²) in [6, 6.07) is 7.90. The van der Waals surface area contributed by atoms with E-state index >= 15 is 0 Å². The molecule has 1 aromatic heterocycles. The summed E-state index contributed by atoms with van der Waals surface area (Å²) in [5, 5.41) is 10.3. The average Bonchev–Trinajstić information content (AvgIpc) is 3.06. The number of nitrogens with zero attached hydrogens (tertiary/aromatic N) is 2. The lowest BCUT2D eigenvalue weighted by Crippen LogP contribution is -2.56. The van der Waals surface area contributed by atoms with Gasteiger partial charge in [0.05, 0.1) is 22.7 Å². The van der Waals surface area contributed by atoms with Crippen LogP contribution >= 0.6 is 0 Å². The van der Waals surface area contributed by atoms with Crippen LogP contribution in [0.25, 0.3) is 11.0 Å². The van der Waals surface area contributed by atoms with Crippen molar-refractivity contribution in [1.82, 2.24) is 14.9 Å². The molecule has 0 saturated carbocycles. The standard InChI is InChI=1S/C19H25N3O3/c23-16-6-3-13-25-19(16)9-11-22(12-10-19)18(24)8-7-17-20-14-4-1-2-5-15(14)21-17/h1-2,4-5,16,23H,3,6-13H2,(H,20,21). The fraction of sp³-hybridized carbons (Fsp3) is 0.579. The van der Waals surface area contributed by atoms with Gasteiger partial charge in [0.2, 0.25) is 5.91 Å². The molecule has 1 aromatic carbocycles. The third-order valence-corrected chi connectivity index (χ3v) is 5.60.